The topological polar surface area (TPSA) is 86.7 Å². The Morgan fingerprint density at radius 3 is 2.35 bits per heavy atom. The van der Waals surface area contributed by atoms with Crippen molar-refractivity contribution in [2.45, 2.75) is 50.1 Å². The zero-order valence-corrected chi connectivity index (χ0v) is 14.3. The summed E-state index contributed by atoms with van der Waals surface area (Å²) < 4.78 is 27.4. The lowest BCUT2D eigenvalue weighted by atomic mass is 9.86. The van der Waals surface area contributed by atoms with Gasteiger partial charge in [-0.1, -0.05) is 26.0 Å². The highest BCUT2D eigenvalue weighted by atomic mass is 32.2. The van der Waals surface area contributed by atoms with Crippen LogP contribution >= 0.6 is 0 Å². The molecule has 23 heavy (non-hydrogen) atoms. The van der Waals surface area contributed by atoms with E-state index in [0.717, 1.165) is 12.0 Å². The fourth-order valence-electron chi connectivity index (χ4n) is 2.85. The highest BCUT2D eigenvalue weighted by molar-refractivity contribution is 7.89. The molecule has 2 rings (SSSR count). The summed E-state index contributed by atoms with van der Waals surface area (Å²) in [7, 11) is -3.51. The van der Waals surface area contributed by atoms with E-state index in [0.29, 0.717) is 19.4 Å². The first-order chi connectivity index (χ1) is 10.9. The van der Waals surface area contributed by atoms with Crippen molar-refractivity contribution in [3.8, 4) is 0 Å². The smallest absolute Gasteiger partial charge is 0.317 e. The van der Waals surface area contributed by atoms with Crippen molar-refractivity contribution in [3.05, 3.63) is 29.8 Å². The second kappa shape index (κ2) is 7.42. The average molecular weight is 340 g/mol. The van der Waals surface area contributed by atoms with Crippen LogP contribution in [0, 0.1) is 0 Å². The number of sulfonamides is 1. The van der Waals surface area contributed by atoms with Crippen LogP contribution in [0.4, 0.5) is 0 Å². The van der Waals surface area contributed by atoms with Gasteiger partial charge in [-0.3, -0.25) is 9.69 Å². The number of hydrogen-bond acceptors (Lipinski definition) is 4. The Hall–Kier alpha value is -1.44. The van der Waals surface area contributed by atoms with Crippen molar-refractivity contribution in [2.75, 3.05) is 13.1 Å². The van der Waals surface area contributed by atoms with Crippen LogP contribution in [-0.4, -0.2) is 49.6 Å². The Bertz CT molecular complexity index is 637. The van der Waals surface area contributed by atoms with Crippen LogP contribution in [0.2, 0.25) is 0 Å². The van der Waals surface area contributed by atoms with E-state index in [1.807, 2.05) is 30.9 Å². The van der Waals surface area contributed by atoms with Crippen molar-refractivity contribution < 1.29 is 18.3 Å². The summed E-state index contributed by atoms with van der Waals surface area (Å²) in [5.74, 6) is -0.855. The van der Waals surface area contributed by atoms with E-state index < -0.39 is 16.0 Å². The number of nitrogens with zero attached hydrogens (tertiary/aromatic N) is 1. The predicted molar refractivity (Wildman–Crippen MR) is 87.8 cm³/mol. The van der Waals surface area contributed by atoms with E-state index in [4.69, 9.17) is 5.11 Å². The molecule has 0 saturated heterocycles. The van der Waals surface area contributed by atoms with Gasteiger partial charge in [0.25, 0.3) is 0 Å². The summed E-state index contributed by atoms with van der Waals surface area (Å²) >= 11 is 0. The Morgan fingerprint density at radius 2 is 1.87 bits per heavy atom. The second-order valence-electron chi connectivity index (χ2n) is 5.90. The van der Waals surface area contributed by atoms with E-state index in [2.05, 4.69) is 4.72 Å². The lowest BCUT2D eigenvalue weighted by Gasteiger charge is -2.42. The van der Waals surface area contributed by atoms with Gasteiger partial charge in [0.2, 0.25) is 10.0 Å². The van der Waals surface area contributed by atoms with Crippen molar-refractivity contribution in [1.82, 2.24) is 9.62 Å². The van der Waals surface area contributed by atoms with Crippen LogP contribution < -0.4 is 4.72 Å². The molecule has 1 aliphatic rings. The molecule has 1 aromatic rings. The average Bonchev–Trinajstić information content (AvgIpc) is 2.48. The SMILES string of the molecule is CCc1ccc(S(=O)(=O)NC2CC(N(CC)CC(=O)O)C2)cc1. The molecule has 0 atom stereocenters. The standard InChI is InChI=1S/C16H24N2O4S/c1-3-12-5-7-15(8-6-12)23(21,22)17-13-9-14(10-13)18(4-2)11-16(19)20/h5-8,13-14,17H,3-4,9-11H2,1-2H3,(H,19,20). The van der Waals surface area contributed by atoms with Crippen molar-refractivity contribution in [1.29, 1.82) is 0 Å². The number of rotatable bonds is 8. The van der Waals surface area contributed by atoms with Gasteiger partial charge in [0.15, 0.2) is 0 Å². The maximum absolute atomic E-state index is 12.3. The first-order valence-electron chi connectivity index (χ1n) is 7.92. The van der Waals surface area contributed by atoms with Gasteiger partial charge in [-0.05, 0) is 43.5 Å². The van der Waals surface area contributed by atoms with Gasteiger partial charge in [0, 0.05) is 12.1 Å². The lowest BCUT2D eigenvalue weighted by molar-refractivity contribution is -0.139. The van der Waals surface area contributed by atoms with Crippen LogP contribution in [0.3, 0.4) is 0 Å². The molecule has 0 heterocycles. The van der Waals surface area contributed by atoms with Gasteiger partial charge in [0.1, 0.15) is 0 Å². The van der Waals surface area contributed by atoms with E-state index in [1.165, 1.54) is 0 Å². The fraction of sp³-hybridized carbons (Fsp3) is 0.562. The molecule has 1 fully saturated rings. The highest BCUT2D eigenvalue weighted by Gasteiger charge is 2.36. The molecule has 0 unspecified atom stereocenters. The maximum atomic E-state index is 12.3. The molecule has 0 aliphatic heterocycles. The number of benzene rings is 1. The third-order valence-corrected chi connectivity index (χ3v) is 5.87. The molecule has 0 radical (unpaired) electrons. The molecular formula is C16H24N2O4S. The van der Waals surface area contributed by atoms with Crippen LogP contribution in [0.15, 0.2) is 29.2 Å². The van der Waals surface area contributed by atoms with Crippen LogP contribution in [-0.2, 0) is 21.2 Å². The van der Waals surface area contributed by atoms with Gasteiger partial charge < -0.3 is 5.11 Å². The number of likely N-dealkylation sites (N-methyl/N-ethyl adjacent to an activating group) is 1. The zero-order chi connectivity index (χ0) is 17.0. The molecule has 0 bridgehead atoms. The van der Waals surface area contributed by atoms with Gasteiger partial charge in [-0.15, -0.1) is 0 Å². The van der Waals surface area contributed by atoms with Crippen LogP contribution in [0.1, 0.15) is 32.3 Å². The monoisotopic (exact) mass is 340 g/mol. The summed E-state index contributed by atoms with van der Waals surface area (Å²) in [5.41, 5.74) is 1.10. The first kappa shape index (κ1) is 17.9. The first-order valence-corrected chi connectivity index (χ1v) is 9.41. The van der Waals surface area contributed by atoms with Crippen molar-refractivity contribution >= 4 is 16.0 Å². The van der Waals surface area contributed by atoms with E-state index in [1.54, 1.807) is 12.1 Å². The summed E-state index contributed by atoms with van der Waals surface area (Å²) in [5, 5.41) is 8.87. The summed E-state index contributed by atoms with van der Waals surface area (Å²) in [4.78, 5) is 12.9. The highest BCUT2D eigenvalue weighted by Crippen LogP contribution is 2.27. The van der Waals surface area contributed by atoms with E-state index >= 15 is 0 Å². The van der Waals surface area contributed by atoms with E-state index in [-0.39, 0.29) is 23.5 Å². The van der Waals surface area contributed by atoms with Crippen molar-refractivity contribution in [3.63, 3.8) is 0 Å². The molecule has 0 amide bonds. The van der Waals surface area contributed by atoms with Gasteiger partial charge >= 0.3 is 5.97 Å². The zero-order valence-electron chi connectivity index (χ0n) is 13.5. The van der Waals surface area contributed by atoms with Gasteiger partial charge in [-0.25, -0.2) is 13.1 Å². The number of hydrogen-bond donors (Lipinski definition) is 2. The summed E-state index contributed by atoms with van der Waals surface area (Å²) in [6.07, 6.45) is 2.16. The fourth-order valence-corrected chi connectivity index (χ4v) is 4.11. The predicted octanol–water partition coefficient (Wildman–Crippen LogP) is 1.46. The Balaban J connectivity index is 1.91. The number of carboxylic acid groups (broad SMARTS) is 1. The molecule has 0 spiro atoms. The molecule has 0 aromatic heterocycles. The molecular weight excluding hydrogens is 316 g/mol. The lowest BCUT2D eigenvalue weighted by Crippen LogP contribution is -2.54. The molecule has 128 valence electrons. The maximum Gasteiger partial charge on any atom is 0.317 e. The van der Waals surface area contributed by atoms with Crippen LogP contribution in [0.5, 0.6) is 0 Å². The Kier molecular flexibility index (Phi) is 5.78. The Labute approximate surface area is 137 Å². The second-order valence-corrected chi connectivity index (χ2v) is 7.61. The normalized spacial score (nSPS) is 21.2. The minimum absolute atomic E-state index is 0.000876. The third kappa shape index (κ3) is 4.53. The summed E-state index contributed by atoms with van der Waals surface area (Å²) in [6.45, 7) is 4.58. The third-order valence-electron chi connectivity index (χ3n) is 4.34. The van der Waals surface area contributed by atoms with Crippen LogP contribution in [0.25, 0.3) is 0 Å². The molecule has 2 N–H and O–H groups in total. The number of aryl methyl sites for hydroxylation is 1. The molecule has 7 heteroatoms. The number of carboxylic acids is 1. The molecule has 6 nitrogen and oxygen atoms in total. The van der Waals surface area contributed by atoms with E-state index in [9.17, 15) is 13.2 Å². The molecule has 1 aliphatic carbocycles. The number of aliphatic carboxylic acids is 1. The summed E-state index contributed by atoms with van der Waals surface area (Å²) in [6, 6.07) is 6.90. The molecule has 1 aromatic carbocycles. The minimum Gasteiger partial charge on any atom is -0.480 e. The van der Waals surface area contributed by atoms with Gasteiger partial charge in [0.05, 0.1) is 11.4 Å². The van der Waals surface area contributed by atoms with Crippen molar-refractivity contribution in [2.24, 2.45) is 0 Å². The molecule has 1 saturated carbocycles. The minimum atomic E-state index is -3.51. The Morgan fingerprint density at radius 1 is 1.26 bits per heavy atom. The largest absolute Gasteiger partial charge is 0.480 e. The number of carbonyl (C=O) groups is 1. The van der Waals surface area contributed by atoms with Gasteiger partial charge in [-0.2, -0.15) is 0 Å². The number of nitrogens with one attached hydrogen (secondary N) is 1. The quantitative estimate of drug-likeness (QED) is 0.748.